The van der Waals surface area contributed by atoms with Crippen molar-refractivity contribution < 1.29 is 33.8 Å². The molecular weight excluding hydrogens is 184 g/mol. The van der Waals surface area contributed by atoms with Crippen LogP contribution < -0.4 is 0 Å². The third-order valence-electron chi connectivity index (χ3n) is 0.919. The average Bonchev–Trinajstić information content (AvgIpc) is 2.01. The number of ether oxygens (including phenoxy) is 2. The summed E-state index contributed by atoms with van der Waals surface area (Å²) in [6.45, 7) is 0. The Hall–Kier alpha value is -1.92. The van der Waals surface area contributed by atoms with Gasteiger partial charge in [0, 0.05) is 0 Å². The maximum absolute atomic E-state index is 10.6. The summed E-state index contributed by atoms with van der Waals surface area (Å²) < 4.78 is 7.54. The van der Waals surface area contributed by atoms with Gasteiger partial charge in [0.05, 0.1) is 7.11 Å². The van der Waals surface area contributed by atoms with Crippen LogP contribution in [0.15, 0.2) is 0 Å². The number of ketones is 1. The second kappa shape index (κ2) is 4.86. The summed E-state index contributed by atoms with van der Waals surface area (Å²) in [6, 6.07) is 0. The lowest BCUT2D eigenvalue weighted by Crippen LogP contribution is -2.21. The van der Waals surface area contributed by atoms with Gasteiger partial charge in [-0.15, -0.1) is 0 Å². The monoisotopic (exact) mass is 190 g/mol. The summed E-state index contributed by atoms with van der Waals surface area (Å²) in [4.78, 5) is 41.2. The fourth-order valence-electron chi connectivity index (χ4n) is 0.451. The number of carbonyl (C=O) groups is 4. The van der Waals surface area contributed by atoms with E-state index < -0.39 is 30.3 Å². The Labute approximate surface area is 72.2 Å². The summed E-state index contributed by atoms with van der Waals surface area (Å²) in [5.74, 6) is -3.70. The minimum absolute atomic E-state index is 0.945. The van der Waals surface area contributed by atoms with Crippen LogP contribution in [-0.2, 0) is 23.9 Å². The van der Waals surface area contributed by atoms with Gasteiger partial charge in [-0.25, -0.2) is 9.59 Å². The normalized spacial score (nSPS) is 8.69. The Morgan fingerprint density at radius 2 is 1.77 bits per heavy atom. The fraction of sp³-hybridized carbons (Fsp3) is 0.333. The smallest absolute Gasteiger partial charge is 0.463 e. The molecule has 0 aromatic rings. The number of carbonyl (C=O) groups excluding carboxylic acids is 3. The molecule has 0 atom stereocenters. The molecule has 7 nitrogen and oxygen atoms in total. The van der Waals surface area contributed by atoms with Crippen LogP contribution in [0.1, 0.15) is 6.42 Å². The maximum atomic E-state index is 10.6. The second-order valence-corrected chi connectivity index (χ2v) is 1.83. The van der Waals surface area contributed by atoms with Gasteiger partial charge >= 0.3 is 18.1 Å². The highest BCUT2D eigenvalue weighted by molar-refractivity contribution is 6.36. The summed E-state index contributed by atoms with van der Waals surface area (Å²) in [7, 11) is 0.961. The van der Waals surface area contributed by atoms with E-state index in [2.05, 4.69) is 9.47 Å². The minimum atomic E-state index is -1.83. The lowest BCUT2D eigenvalue weighted by atomic mass is 10.3. The van der Waals surface area contributed by atoms with E-state index in [1.165, 1.54) is 0 Å². The lowest BCUT2D eigenvalue weighted by Gasteiger charge is -1.96. The molecule has 0 aliphatic carbocycles. The quantitative estimate of drug-likeness (QED) is 0.357. The van der Waals surface area contributed by atoms with Crippen molar-refractivity contribution in [1.29, 1.82) is 0 Å². The van der Waals surface area contributed by atoms with Crippen molar-refractivity contribution in [1.82, 2.24) is 0 Å². The van der Waals surface area contributed by atoms with Crippen LogP contribution in [0.5, 0.6) is 0 Å². The number of esters is 2. The molecule has 0 bridgehead atoms. The molecule has 0 aromatic carbocycles. The number of rotatable bonds is 3. The van der Waals surface area contributed by atoms with Crippen molar-refractivity contribution in [3.8, 4) is 0 Å². The predicted molar refractivity (Wildman–Crippen MR) is 35.8 cm³/mol. The van der Waals surface area contributed by atoms with Gasteiger partial charge in [-0.2, -0.15) is 0 Å². The third-order valence-corrected chi connectivity index (χ3v) is 0.919. The Morgan fingerprint density at radius 1 is 1.23 bits per heavy atom. The molecule has 72 valence electrons. The van der Waals surface area contributed by atoms with Gasteiger partial charge in [0.1, 0.15) is 6.42 Å². The first-order valence-corrected chi connectivity index (χ1v) is 3.02. The number of hydrogen-bond donors (Lipinski definition) is 1. The zero-order valence-electron chi connectivity index (χ0n) is 6.60. The fourth-order valence-corrected chi connectivity index (χ4v) is 0.451. The molecule has 0 amide bonds. The molecule has 13 heavy (non-hydrogen) atoms. The van der Waals surface area contributed by atoms with Crippen LogP contribution in [0.3, 0.4) is 0 Å². The van der Waals surface area contributed by atoms with Gasteiger partial charge in [-0.1, -0.05) is 0 Å². The summed E-state index contributed by atoms with van der Waals surface area (Å²) in [5.41, 5.74) is 0. The van der Waals surface area contributed by atoms with E-state index in [-0.39, 0.29) is 0 Å². The van der Waals surface area contributed by atoms with Crippen LogP contribution in [-0.4, -0.2) is 36.1 Å². The van der Waals surface area contributed by atoms with Crippen molar-refractivity contribution in [2.45, 2.75) is 6.42 Å². The molecule has 0 saturated heterocycles. The van der Waals surface area contributed by atoms with E-state index in [1.54, 1.807) is 0 Å². The summed E-state index contributed by atoms with van der Waals surface area (Å²) in [5, 5.41) is 7.92. The van der Waals surface area contributed by atoms with Crippen molar-refractivity contribution >= 4 is 23.9 Å². The van der Waals surface area contributed by atoms with Gasteiger partial charge in [0.15, 0.2) is 0 Å². The van der Waals surface area contributed by atoms with E-state index in [1.807, 2.05) is 0 Å². The van der Waals surface area contributed by atoms with Crippen molar-refractivity contribution in [3.05, 3.63) is 0 Å². The molecule has 0 aliphatic heterocycles. The van der Waals surface area contributed by atoms with Crippen molar-refractivity contribution in [3.63, 3.8) is 0 Å². The first kappa shape index (κ1) is 11.1. The molecule has 7 heteroatoms. The Morgan fingerprint density at radius 3 is 2.15 bits per heavy atom. The van der Waals surface area contributed by atoms with Crippen LogP contribution in [0, 0.1) is 0 Å². The first-order chi connectivity index (χ1) is 5.97. The van der Waals surface area contributed by atoms with Gasteiger partial charge in [-0.3, -0.25) is 9.59 Å². The van der Waals surface area contributed by atoms with Gasteiger partial charge < -0.3 is 14.6 Å². The third kappa shape index (κ3) is 4.51. The van der Waals surface area contributed by atoms with E-state index in [4.69, 9.17) is 5.11 Å². The van der Waals surface area contributed by atoms with Gasteiger partial charge in [0.2, 0.25) is 0 Å². The number of hydrogen-bond acceptors (Lipinski definition) is 6. The minimum Gasteiger partial charge on any atom is -0.463 e. The topological polar surface area (TPSA) is 107 Å². The molecule has 0 heterocycles. The van der Waals surface area contributed by atoms with Gasteiger partial charge in [-0.05, 0) is 0 Å². The standard InChI is InChI=1S/C6H6O7/c1-12-5(9)3(7)2-4(8)13-6(10)11/h2H2,1H3,(H,10,11). The highest BCUT2D eigenvalue weighted by atomic mass is 16.7. The molecule has 0 unspecified atom stereocenters. The average molecular weight is 190 g/mol. The molecule has 0 fully saturated rings. The predicted octanol–water partition coefficient (Wildman–Crippen LogP) is -0.660. The summed E-state index contributed by atoms with van der Waals surface area (Å²) >= 11 is 0. The molecule has 0 spiro atoms. The Bertz CT molecular complexity index is 254. The Kier molecular flexibility index (Phi) is 4.14. The molecular formula is C6H6O7. The molecule has 0 saturated carbocycles. The molecule has 1 N–H and O–H groups in total. The van der Waals surface area contributed by atoms with Gasteiger partial charge in [0.25, 0.3) is 5.78 Å². The lowest BCUT2D eigenvalue weighted by molar-refractivity contribution is -0.155. The van der Waals surface area contributed by atoms with E-state index in [0.29, 0.717) is 0 Å². The number of methoxy groups -OCH3 is 1. The van der Waals surface area contributed by atoms with E-state index >= 15 is 0 Å². The second-order valence-electron chi connectivity index (χ2n) is 1.83. The zero-order chi connectivity index (χ0) is 10.4. The summed E-state index contributed by atoms with van der Waals surface area (Å²) in [6.07, 6.45) is -2.78. The van der Waals surface area contributed by atoms with Crippen molar-refractivity contribution in [2.75, 3.05) is 7.11 Å². The first-order valence-electron chi connectivity index (χ1n) is 3.02. The highest BCUT2D eigenvalue weighted by Crippen LogP contribution is 1.91. The molecule has 0 radical (unpaired) electrons. The SMILES string of the molecule is COC(=O)C(=O)CC(=O)OC(=O)O. The largest absolute Gasteiger partial charge is 0.513 e. The van der Waals surface area contributed by atoms with E-state index in [0.717, 1.165) is 7.11 Å². The van der Waals surface area contributed by atoms with E-state index in [9.17, 15) is 19.2 Å². The van der Waals surface area contributed by atoms with Crippen molar-refractivity contribution in [2.24, 2.45) is 0 Å². The number of Topliss-reactive ketones (excluding diaryl/α,β-unsaturated/α-hetero) is 1. The molecule has 0 aromatic heterocycles. The maximum Gasteiger partial charge on any atom is 0.513 e. The van der Waals surface area contributed by atoms with Crippen LogP contribution >= 0.6 is 0 Å². The van der Waals surface area contributed by atoms with Crippen LogP contribution in [0.4, 0.5) is 4.79 Å². The van der Waals surface area contributed by atoms with Crippen LogP contribution in [0.2, 0.25) is 0 Å². The highest BCUT2D eigenvalue weighted by Gasteiger charge is 2.20. The zero-order valence-corrected chi connectivity index (χ0v) is 6.60. The Balaban J connectivity index is 3.99. The van der Waals surface area contributed by atoms with Crippen LogP contribution in [0.25, 0.3) is 0 Å². The number of carboxylic acid groups (broad SMARTS) is 1. The molecule has 0 rings (SSSR count). The molecule has 0 aliphatic rings.